The average molecular weight is 128 g/mol. The van der Waals surface area contributed by atoms with E-state index in [0.29, 0.717) is 0 Å². The van der Waals surface area contributed by atoms with Crippen molar-refractivity contribution in [2.75, 3.05) is 7.11 Å². The van der Waals surface area contributed by atoms with Crippen LogP contribution >= 0.6 is 0 Å². The third-order valence-corrected chi connectivity index (χ3v) is 0.489. The summed E-state index contributed by atoms with van der Waals surface area (Å²) >= 11 is 0. The number of methoxy groups -OCH3 is 1. The van der Waals surface area contributed by atoms with Crippen LogP contribution in [0.3, 0.4) is 0 Å². The Morgan fingerprint density at radius 2 is 2.22 bits per heavy atom. The fraction of sp³-hybridized carbons (Fsp3) is 0.250. The quantitative estimate of drug-likeness (QED) is 0.229. The lowest BCUT2D eigenvalue weighted by molar-refractivity contribution is -0.133. The summed E-state index contributed by atoms with van der Waals surface area (Å²) in [5.41, 5.74) is 0. The van der Waals surface area contributed by atoms with Gasteiger partial charge in [0.25, 0.3) is 0 Å². The molecule has 0 fully saturated rings. The Labute approximate surface area is 52.6 Å². The number of carbonyl (C=O) groups is 1. The summed E-state index contributed by atoms with van der Waals surface area (Å²) in [6, 6.07) is 0. The van der Waals surface area contributed by atoms with Gasteiger partial charge in [-0.05, 0) is 0 Å². The molecule has 0 aliphatic heterocycles. The zero-order valence-corrected chi connectivity index (χ0v) is 4.79. The van der Waals surface area contributed by atoms with Gasteiger partial charge in [0.2, 0.25) is 0 Å². The van der Waals surface area contributed by atoms with Crippen LogP contribution in [0.4, 0.5) is 0 Å². The molecule has 0 aromatic carbocycles. The zero-order valence-electron chi connectivity index (χ0n) is 4.79. The molecule has 0 radical (unpaired) electrons. The van der Waals surface area contributed by atoms with Crippen LogP contribution in [0.1, 0.15) is 0 Å². The van der Waals surface area contributed by atoms with Crippen molar-refractivity contribution in [2.24, 2.45) is 0 Å². The summed E-state index contributed by atoms with van der Waals surface area (Å²) in [6.45, 7) is 0. The van der Waals surface area contributed by atoms with Crippen LogP contribution in [0.5, 0.6) is 0 Å². The van der Waals surface area contributed by atoms with Gasteiger partial charge < -0.3 is 14.8 Å². The van der Waals surface area contributed by atoms with Crippen LogP contribution in [0.25, 0.3) is 0 Å². The average Bonchev–Trinajstić information content (AvgIpc) is 1.83. The fourth-order valence-electron chi connectivity index (χ4n) is 0.175. The van der Waals surface area contributed by atoms with Crippen molar-refractivity contribution in [2.45, 2.75) is 0 Å². The van der Waals surface area contributed by atoms with Gasteiger partial charge in [-0.2, -0.15) is 0 Å². The maximum atomic E-state index is 10.1. The maximum absolute atomic E-state index is 10.1. The summed E-state index contributed by atoms with van der Waals surface area (Å²) < 4.78 is 4.07. The molecule has 0 aromatic rings. The molecule has 0 spiro atoms. The molecule has 4 nitrogen and oxygen atoms in total. The van der Waals surface area contributed by atoms with Crippen LogP contribution in [0.2, 0.25) is 0 Å². The molecular formula is C4H5BO4. The molecule has 0 aromatic heterocycles. The van der Waals surface area contributed by atoms with Gasteiger partial charge in [0.15, 0.2) is 0 Å². The van der Waals surface area contributed by atoms with E-state index in [1.54, 1.807) is 5.82 Å². The molecule has 0 heterocycles. The molecule has 0 saturated carbocycles. The minimum Gasteiger partial charge on any atom is -0.459 e. The van der Waals surface area contributed by atoms with E-state index in [1.165, 1.54) is 0 Å². The topological polar surface area (TPSA) is 66.8 Å². The van der Waals surface area contributed by atoms with E-state index in [0.717, 1.165) is 7.11 Å². The van der Waals surface area contributed by atoms with Crippen LogP contribution in [0.15, 0.2) is 0 Å². The van der Waals surface area contributed by atoms with Crippen molar-refractivity contribution in [3.63, 3.8) is 0 Å². The Kier molecular flexibility index (Phi) is 3.52. The first-order chi connectivity index (χ1) is 4.16. The molecule has 0 atom stereocenters. The predicted octanol–water partition coefficient (Wildman–Crippen LogP) is -1.83. The Hall–Kier alpha value is -0.985. The van der Waals surface area contributed by atoms with Gasteiger partial charge in [-0.25, -0.2) is 4.79 Å². The third kappa shape index (κ3) is 4.88. The van der Waals surface area contributed by atoms with E-state index in [-0.39, 0.29) is 0 Å². The number of hydrogen-bond acceptors (Lipinski definition) is 4. The summed E-state index contributed by atoms with van der Waals surface area (Å²) in [5.74, 6) is 2.81. The molecule has 5 heteroatoms. The second kappa shape index (κ2) is 3.95. The highest BCUT2D eigenvalue weighted by Crippen LogP contribution is 1.67. The highest BCUT2D eigenvalue weighted by Gasteiger charge is 1.99. The van der Waals surface area contributed by atoms with Crippen LogP contribution in [0, 0.1) is 11.7 Å². The molecule has 48 valence electrons. The Morgan fingerprint density at radius 1 is 1.67 bits per heavy atom. The molecule has 2 N–H and O–H groups in total. The van der Waals surface area contributed by atoms with Crippen molar-refractivity contribution in [3.8, 4) is 11.7 Å². The van der Waals surface area contributed by atoms with Crippen molar-refractivity contribution >= 4 is 13.1 Å². The summed E-state index contributed by atoms with van der Waals surface area (Å²) in [6.07, 6.45) is 0. The van der Waals surface area contributed by atoms with Gasteiger partial charge in [-0.3, -0.25) is 0 Å². The van der Waals surface area contributed by atoms with Crippen molar-refractivity contribution in [1.82, 2.24) is 0 Å². The molecule has 0 aliphatic carbocycles. The molecule has 9 heavy (non-hydrogen) atoms. The van der Waals surface area contributed by atoms with Crippen LogP contribution in [-0.4, -0.2) is 30.2 Å². The predicted molar refractivity (Wildman–Crippen MR) is 30.0 cm³/mol. The Balaban J connectivity index is 3.73. The molecule has 0 amide bonds. The highest BCUT2D eigenvalue weighted by molar-refractivity contribution is 6.52. The van der Waals surface area contributed by atoms with E-state index in [4.69, 9.17) is 10.0 Å². The van der Waals surface area contributed by atoms with Gasteiger partial charge >= 0.3 is 13.1 Å². The lowest BCUT2D eigenvalue weighted by Crippen LogP contribution is -2.08. The Bertz CT molecular complexity index is 154. The minimum atomic E-state index is -1.77. The molecule has 0 bridgehead atoms. The SMILES string of the molecule is COC(=O)C#CB(O)O. The van der Waals surface area contributed by atoms with Crippen molar-refractivity contribution in [3.05, 3.63) is 0 Å². The number of esters is 1. The van der Waals surface area contributed by atoms with Crippen molar-refractivity contribution in [1.29, 1.82) is 0 Å². The third-order valence-electron chi connectivity index (χ3n) is 0.489. The van der Waals surface area contributed by atoms with E-state index in [9.17, 15) is 4.79 Å². The monoisotopic (exact) mass is 128 g/mol. The van der Waals surface area contributed by atoms with E-state index >= 15 is 0 Å². The van der Waals surface area contributed by atoms with Gasteiger partial charge in [-0.1, -0.05) is 5.82 Å². The molecule has 0 unspecified atom stereocenters. The first-order valence-corrected chi connectivity index (χ1v) is 2.12. The molecule has 0 rings (SSSR count). The standard InChI is InChI=1S/C4H5BO4/c1-9-4(6)2-3-5(7)8/h7-8H,1H3. The number of carbonyl (C=O) groups excluding carboxylic acids is 1. The number of hydrogen-bond donors (Lipinski definition) is 2. The fourth-order valence-corrected chi connectivity index (χ4v) is 0.175. The second-order valence-electron chi connectivity index (χ2n) is 1.13. The first kappa shape index (κ1) is 8.01. The smallest absolute Gasteiger partial charge is 0.459 e. The van der Waals surface area contributed by atoms with Gasteiger partial charge in [0, 0.05) is 5.92 Å². The van der Waals surface area contributed by atoms with E-state index < -0.39 is 13.1 Å². The number of ether oxygens (including phenoxy) is 1. The summed E-state index contributed by atoms with van der Waals surface area (Å²) in [7, 11) is -0.620. The number of rotatable bonds is 0. The van der Waals surface area contributed by atoms with Crippen LogP contribution < -0.4 is 0 Å². The van der Waals surface area contributed by atoms with Gasteiger partial charge in [0.05, 0.1) is 7.11 Å². The largest absolute Gasteiger partial charge is 0.545 e. The second-order valence-corrected chi connectivity index (χ2v) is 1.13. The summed E-state index contributed by atoms with van der Waals surface area (Å²) in [4.78, 5) is 10.1. The first-order valence-electron chi connectivity index (χ1n) is 2.12. The summed E-state index contributed by atoms with van der Waals surface area (Å²) in [5, 5.41) is 16.1. The van der Waals surface area contributed by atoms with E-state index in [1.807, 2.05) is 5.92 Å². The highest BCUT2D eigenvalue weighted by atomic mass is 16.5. The maximum Gasteiger partial charge on any atom is 0.545 e. The van der Waals surface area contributed by atoms with E-state index in [2.05, 4.69) is 4.74 Å². The molecular weight excluding hydrogens is 123 g/mol. The normalized spacial score (nSPS) is 7.00. The lowest BCUT2D eigenvalue weighted by Gasteiger charge is -1.83. The zero-order chi connectivity index (χ0) is 7.28. The van der Waals surface area contributed by atoms with Gasteiger partial charge in [-0.15, -0.1) is 0 Å². The Morgan fingerprint density at radius 3 is 2.56 bits per heavy atom. The minimum absolute atomic E-state index is 0.789. The lowest BCUT2D eigenvalue weighted by atomic mass is 9.94. The molecule has 0 aliphatic rings. The van der Waals surface area contributed by atoms with Crippen LogP contribution in [-0.2, 0) is 9.53 Å². The van der Waals surface area contributed by atoms with Gasteiger partial charge in [0.1, 0.15) is 0 Å². The van der Waals surface area contributed by atoms with Crippen molar-refractivity contribution < 1.29 is 19.6 Å². The molecule has 0 saturated heterocycles.